The summed E-state index contributed by atoms with van der Waals surface area (Å²) in [5, 5.41) is 14.0. The van der Waals surface area contributed by atoms with E-state index in [2.05, 4.69) is 46.7 Å². The highest BCUT2D eigenvalue weighted by Crippen LogP contribution is 2.32. The molecule has 29 heavy (non-hydrogen) atoms. The van der Waals surface area contributed by atoms with Gasteiger partial charge in [-0.25, -0.2) is 4.98 Å². The maximum Gasteiger partial charge on any atom is 0.130 e. The summed E-state index contributed by atoms with van der Waals surface area (Å²) in [5.41, 5.74) is 3.76. The van der Waals surface area contributed by atoms with E-state index in [1.807, 2.05) is 36.0 Å². The number of hydrogen-bond donors (Lipinski definition) is 2. The average Bonchev–Trinajstić information content (AvgIpc) is 3.19. The molecule has 0 radical (unpaired) electrons. The van der Waals surface area contributed by atoms with Gasteiger partial charge in [0, 0.05) is 26.0 Å². The monoisotopic (exact) mass is 391 g/mol. The van der Waals surface area contributed by atoms with E-state index >= 15 is 0 Å². The third-order valence-electron chi connectivity index (χ3n) is 5.61. The predicted molar refractivity (Wildman–Crippen MR) is 114 cm³/mol. The first-order valence-electron chi connectivity index (χ1n) is 10.4. The SMILES string of the molecule is Cn1ccnc1[C@H](NC[C@@H](O)CO[C@@H]1CCCc2ccccc21)c1ccccc1. The molecule has 152 valence electrons. The van der Waals surface area contributed by atoms with Crippen LogP contribution >= 0.6 is 0 Å². The van der Waals surface area contributed by atoms with Gasteiger partial charge in [-0.05, 0) is 36.0 Å². The molecule has 2 aromatic carbocycles. The molecule has 5 heteroatoms. The number of aryl methyl sites for hydroxylation is 2. The van der Waals surface area contributed by atoms with E-state index in [1.165, 1.54) is 11.1 Å². The van der Waals surface area contributed by atoms with Gasteiger partial charge in [-0.2, -0.15) is 0 Å². The van der Waals surface area contributed by atoms with Crippen LogP contribution in [-0.4, -0.2) is 33.9 Å². The summed E-state index contributed by atoms with van der Waals surface area (Å²) in [7, 11) is 1.99. The van der Waals surface area contributed by atoms with E-state index in [1.54, 1.807) is 6.20 Å². The molecule has 2 N–H and O–H groups in total. The Hall–Kier alpha value is -2.47. The number of imidazole rings is 1. The number of fused-ring (bicyclic) bond motifs is 1. The smallest absolute Gasteiger partial charge is 0.130 e. The number of aliphatic hydroxyl groups excluding tert-OH is 1. The number of nitrogens with one attached hydrogen (secondary N) is 1. The van der Waals surface area contributed by atoms with Crippen molar-refractivity contribution >= 4 is 0 Å². The van der Waals surface area contributed by atoms with Gasteiger partial charge < -0.3 is 19.7 Å². The maximum atomic E-state index is 10.6. The van der Waals surface area contributed by atoms with Gasteiger partial charge >= 0.3 is 0 Å². The van der Waals surface area contributed by atoms with Gasteiger partial charge in [-0.3, -0.25) is 0 Å². The molecule has 0 saturated heterocycles. The van der Waals surface area contributed by atoms with Crippen LogP contribution in [0, 0.1) is 0 Å². The van der Waals surface area contributed by atoms with Crippen molar-refractivity contribution in [2.75, 3.05) is 13.2 Å². The van der Waals surface area contributed by atoms with Gasteiger partial charge in [-0.15, -0.1) is 0 Å². The Bertz CT molecular complexity index is 909. The Morgan fingerprint density at radius 3 is 2.76 bits per heavy atom. The van der Waals surface area contributed by atoms with E-state index in [0.29, 0.717) is 13.2 Å². The lowest BCUT2D eigenvalue weighted by Crippen LogP contribution is -2.35. The molecule has 1 aliphatic rings. The Morgan fingerprint density at radius 2 is 1.97 bits per heavy atom. The number of aromatic nitrogens is 2. The first-order valence-corrected chi connectivity index (χ1v) is 10.4. The number of nitrogens with zero attached hydrogens (tertiary/aromatic N) is 2. The lowest BCUT2D eigenvalue weighted by Gasteiger charge is -2.27. The third kappa shape index (κ3) is 4.75. The van der Waals surface area contributed by atoms with Crippen LogP contribution < -0.4 is 5.32 Å². The predicted octanol–water partition coefficient (Wildman–Crippen LogP) is 3.55. The fourth-order valence-electron chi connectivity index (χ4n) is 4.08. The Kier molecular flexibility index (Phi) is 6.39. The van der Waals surface area contributed by atoms with Crippen molar-refractivity contribution in [1.29, 1.82) is 0 Å². The minimum atomic E-state index is -0.587. The van der Waals surface area contributed by atoms with Crippen molar-refractivity contribution in [2.24, 2.45) is 7.05 Å². The van der Waals surface area contributed by atoms with Crippen molar-refractivity contribution in [1.82, 2.24) is 14.9 Å². The zero-order valence-corrected chi connectivity index (χ0v) is 16.9. The van der Waals surface area contributed by atoms with Crippen molar-refractivity contribution in [3.05, 3.63) is 89.5 Å². The Balaban J connectivity index is 1.37. The first kappa shape index (κ1) is 19.8. The molecule has 0 unspecified atom stereocenters. The number of rotatable bonds is 8. The van der Waals surface area contributed by atoms with Gasteiger partial charge in [0.1, 0.15) is 5.82 Å². The van der Waals surface area contributed by atoms with Crippen LogP contribution in [0.1, 0.15) is 47.5 Å². The summed E-state index contributed by atoms with van der Waals surface area (Å²) >= 11 is 0. The van der Waals surface area contributed by atoms with E-state index in [4.69, 9.17) is 4.74 Å². The zero-order chi connectivity index (χ0) is 20.1. The van der Waals surface area contributed by atoms with E-state index in [-0.39, 0.29) is 12.1 Å². The van der Waals surface area contributed by atoms with Crippen LogP contribution in [-0.2, 0) is 18.2 Å². The van der Waals surface area contributed by atoms with Gasteiger partial charge in [0.25, 0.3) is 0 Å². The second kappa shape index (κ2) is 9.35. The van der Waals surface area contributed by atoms with E-state index < -0.39 is 6.10 Å². The van der Waals surface area contributed by atoms with E-state index in [0.717, 1.165) is 30.7 Å². The molecule has 3 atom stereocenters. The van der Waals surface area contributed by atoms with Crippen LogP contribution in [0.2, 0.25) is 0 Å². The fourth-order valence-corrected chi connectivity index (χ4v) is 4.08. The second-order valence-electron chi connectivity index (χ2n) is 7.72. The molecule has 1 heterocycles. The molecule has 0 spiro atoms. The Morgan fingerprint density at radius 1 is 1.17 bits per heavy atom. The van der Waals surface area contributed by atoms with Gasteiger partial charge in [0.2, 0.25) is 0 Å². The quantitative estimate of drug-likeness (QED) is 0.617. The summed E-state index contributed by atoms with van der Waals surface area (Å²) in [6.45, 7) is 0.745. The van der Waals surface area contributed by atoms with Crippen molar-refractivity contribution < 1.29 is 9.84 Å². The lowest BCUT2D eigenvalue weighted by atomic mass is 9.89. The lowest BCUT2D eigenvalue weighted by molar-refractivity contribution is -0.0172. The van der Waals surface area contributed by atoms with Crippen LogP contribution in [0.4, 0.5) is 0 Å². The van der Waals surface area contributed by atoms with Gasteiger partial charge in [0.05, 0.1) is 24.9 Å². The average molecular weight is 392 g/mol. The van der Waals surface area contributed by atoms with E-state index in [9.17, 15) is 5.11 Å². The second-order valence-corrected chi connectivity index (χ2v) is 7.72. The summed E-state index contributed by atoms with van der Waals surface area (Å²) in [6.07, 6.45) is 6.48. The van der Waals surface area contributed by atoms with Gasteiger partial charge in [-0.1, -0.05) is 54.6 Å². The fraction of sp³-hybridized carbons (Fsp3) is 0.375. The molecule has 0 saturated carbocycles. The molecule has 3 aromatic rings. The molecular formula is C24H29N3O2. The number of aliphatic hydroxyl groups is 1. The molecular weight excluding hydrogens is 362 g/mol. The minimum absolute atomic E-state index is 0.0778. The highest BCUT2D eigenvalue weighted by Gasteiger charge is 2.22. The standard InChI is InChI=1S/C24H29N3O2/c1-27-15-14-25-24(27)23(19-9-3-2-4-10-19)26-16-20(28)17-29-22-13-7-11-18-8-5-6-12-21(18)22/h2-6,8-10,12,14-15,20,22-23,26,28H,7,11,13,16-17H2,1H3/t20-,22-,23-/m1/s1. The number of ether oxygens (including phenoxy) is 1. The topological polar surface area (TPSA) is 59.3 Å². The van der Waals surface area contributed by atoms with Crippen molar-refractivity contribution in [3.63, 3.8) is 0 Å². The van der Waals surface area contributed by atoms with Crippen LogP contribution in [0.15, 0.2) is 67.0 Å². The normalized spacial score (nSPS) is 18.2. The van der Waals surface area contributed by atoms with Crippen LogP contribution in [0.25, 0.3) is 0 Å². The summed E-state index contributed by atoms with van der Waals surface area (Å²) < 4.78 is 8.12. The molecule has 0 bridgehead atoms. The third-order valence-corrected chi connectivity index (χ3v) is 5.61. The molecule has 0 amide bonds. The van der Waals surface area contributed by atoms with Gasteiger partial charge in [0.15, 0.2) is 0 Å². The summed E-state index contributed by atoms with van der Waals surface area (Å²) in [6, 6.07) is 18.6. The molecule has 0 aliphatic heterocycles. The van der Waals surface area contributed by atoms with Crippen molar-refractivity contribution in [3.8, 4) is 0 Å². The highest BCUT2D eigenvalue weighted by molar-refractivity contribution is 5.31. The largest absolute Gasteiger partial charge is 0.389 e. The zero-order valence-electron chi connectivity index (χ0n) is 16.9. The molecule has 0 fully saturated rings. The number of hydrogen-bond acceptors (Lipinski definition) is 4. The van der Waals surface area contributed by atoms with Crippen LogP contribution in [0.5, 0.6) is 0 Å². The Labute approximate surface area is 172 Å². The highest BCUT2D eigenvalue weighted by atomic mass is 16.5. The first-order chi connectivity index (χ1) is 14.2. The number of benzene rings is 2. The van der Waals surface area contributed by atoms with Crippen molar-refractivity contribution in [2.45, 2.75) is 37.5 Å². The minimum Gasteiger partial charge on any atom is -0.389 e. The maximum absolute atomic E-state index is 10.6. The van der Waals surface area contributed by atoms with Crippen LogP contribution in [0.3, 0.4) is 0 Å². The molecule has 5 nitrogen and oxygen atoms in total. The molecule has 1 aromatic heterocycles. The summed E-state index contributed by atoms with van der Waals surface area (Å²) in [5.74, 6) is 0.922. The molecule has 1 aliphatic carbocycles. The summed E-state index contributed by atoms with van der Waals surface area (Å²) in [4.78, 5) is 4.50. The molecule has 4 rings (SSSR count).